The van der Waals surface area contributed by atoms with Crippen molar-refractivity contribution in [3.63, 3.8) is 0 Å². The Balaban J connectivity index is 1.47. The standard InChI is InChI=1S/C32H24N4O/c1-34-27-15-7-9-17-29(27)35(30-18-10-8-16-28(30)34)23-19-20-31(37)24(21-23)32-33-25-13-5-6-14-26(25)36(32)22-11-3-2-4-12-22/h2-21,37H,1H3. The van der Waals surface area contributed by atoms with Crippen molar-refractivity contribution in [2.24, 2.45) is 0 Å². The van der Waals surface area contributed by atoms with E-state index in [1.54, 1.807) is 6.07 Å². The van der Waals surface area contributed by atoms with Gasteiger partial charge in [0.25, 0.3) is 0 Å². The number of hydrogen-bond acceptors (Lipinski definition) is 4. The molecule has 7 rings (SSSR count). The van der Waals surface area contributed by atoms with Gasteiger partial charge >= 0.3 is 0 Å². The average Bonchev–Trinajstić information content (AvgIpc) is 3.34. The number of benzene rings is 5. The third-order valence-electron chi connectivity index (χ3n) is 7.02. The number of phenolic OH excluding ortho intramolecular Hbond substituents is 1. The summed E-state index contributed by atoms with van der Waals surface area (Å²) in [7, 11) is 2.10. The van der Waals surface area contributed by atoms with Crippen LogP contribution in [-0.2, 0) is 0 Å². The summed E-state index contributed by atoms with van der Waals surface area (Å²) in [4.78, 5) is 9.46. The van der Waals surface area contributed by atoms with Gasteiger partial charge in [-0.2, -0.15) is 0 Å². The highest BCUT2D eigenvalue weighted by Crippen LogP contribution is 2.51. The summed E-state index contributed by atoms with van der Waals surface area (Å²) in [5.74, 6) is 0.884. The lowest BCUT2D eigenvalue weighted by Crippen LogP contribution is -2.23. The molecule has 1 aliphatic rings. The summed E-state index contributed by atoms with van der Waals surface area (Å²) in [5, 5.41) is 11.1. The fraction of sp³-hybridized carbons (Fsp3) is 0.0312. The van der Waals surface area contributed by atoms with Crippen molar-refractivity contribution in [1.82, 2.24) is 9.55 Å². The lowest BCUT2D eigenvalue weighted by molar-refractivity contribution is 0.477. The fourth-order valence-electron chi connectivity index (χ4n) is 5.30. The first-order valence-corrected chi connectivity index (χ1v) is 12.3. The SMILES string of the molecule is CN1c2ccccc2N(c2ccc(O)c(-c3nc4ccccc4n3-c3ccccc3)c2)c2ccccc21. The van der Waals surface area contributed by atoms with Crippen molar-refractivity contribution in [3.8, 4) is 22.8 Å². The number of anilines is 5. The molecule has 5 aromatic carbocycles. The van der Waals surface area contributed by atoms with Crippen LogP contribution in [0.2, 0.25) is 0 Å². The lowest BCUT2D eigenvalue weighted by atomic mass is 10.0. The number of para-hydroxylation sites is 7. The third-order valence-corrected chi connectivity index (χ3v) is 7.02. The average molecular weight is 481 g/mol. The van der Waals surface area contributed by atoms with Gasteiger partial charge in [-0.15, -0.1) is 0 Å². The number of aromatic hydroxyl groups is 1. The Kier molecular flexibility index (Phi) is 4.76. The van der Waals surface area contributed by atoms with Gasteiger partial charge in [0.05, 0.1) is 39.3 Å². The first kappa shape index (κ1) is 21.3. The van der Waals surface area contributed by atoms with Gasteiger partial charge in [-0.1, -0.05) is 54.6 Å². The zero-order chi connectivity index (χ0) is 24.9. The number of aromatic nitrogens is 2. The predicted molar refractivity (Wildman–Crippen MR) is 151 cm³/mol. The summed E-state index contributed by atoms with van der Waals surface area (Å²) in [6.45, 7) is 0. The summed E-state index contributed by atoms with van der Waals surface area (Å²) < 4.78 is 2.11. The number of imidazole rings is 1. The van der Waals surface area contributed by atoms with Gasteiger partial charge in [0.15, 0.2) is 0 Å². The molecule has 5 nitrogen and oxygen atoms in total. The fourth-order valence-corrected chi connectivity index (χ4v) is 5.30. The van der Waals surface area contributed by atoms with Crippen LogP contribution in [0.3, 0.4) is 0 Å². The van der Waals surface area contributed by atoms with Gasteiger partial charge in [-0.25, -0.2) is 4.98 Å². The summed E-state index contributed by atoms with van der Waals surface area (Å²) in [6.07, 6.45) is 0. The van der Waals surface area contributed by atoms with E-state index in [9.17, 15) is 5.11 Å². The zero-order valence-electron chi connectivity index (χ0n) is 20.3. The zero-order valence-corrected chi connectivity index (χ0v) is 20.3. The third kappa shape index (κ3) is 3.28. The van der Waals surface area contributed by atoms with Gasteiger partial charge in [0.1, 0.15) is 11.6 Å². The van der Waals surface area contributed by atoms with Crippen LogP contribution in [0.5, 0.6) is 5.75 Å². The molecule has 178 valence electrons. The smallest absolute Gasteiger partial charge is 0.149 e. The molecule has 0 spiro atoms. The van der Waals surface area contributed by atoms with Crippen molar-refractivity contribution < 1.29 is 5.11 Å². The van der Waals surface area contributed by atoms with E-state index < -0.39 is 0 Å². The van der Waals surface area contributed by atoms with Crippen molar-refractivity contribution >= 4 is 39.5 Å². The van der Waals surface area contributed by atoms with Crippen molar-refractivity contribution in [3.05, 3.63) is 121 Å². The molecule has 0 saturated heterocycles. The minimum atomic E-state index is 0.187. The van der Waals surface area contributed by atoms with Crippen LogP contribution in [0, 0.1) is 0 Å². The minimum Gasteiger partial charge on any atom is -0.507 e. The largest absolute Gasteiger partial charge is 0.507 e. The van der Waals surface area contributed by atoms with E-state index in [1.165, 1.54) is 0 Å². The molecule has 1 aromatic heterocycles. The second kappa shape index (κ2) is 8.28. The van der Waals surface area contributed by atoms with Crippen LogP contribution < -0.4 is 9.80 Å². The number of phenols is 1. The maximum atomic E-state index is 11.1. The van der Waals surface area contributed by atoms with Crippen LogP contribution in [0.15, 0.2) is 121 Å². The molecule has 6 aromatic rings. The Morgan fingerprint density at radius 2 is 1.19 bits per heavy atom. The summed E-state index contributed by atoms with van der Waals surface area (Å²) in [6, 6.07) is 40.8. The quantitative estimate of drug-likeness (QED) is 0.279. The lowest BCUT2D eigenvalue weighted by Gasteiger charge is -2.38. The monoisotopic (exact) mass is 480 g/mol. The highest BCUT2D eigenvalue weighted by atomic mass is 16.3. The van der Waals surface area contributed by atoms with E-state index in [4.69, 9.17) is 4.98 Å². The normalized spacial score (nSPS) is 12.5. The molecule has 0 fully saturated rings. The second-order valence-corrected chi connectivity index (χ2v) is 9.17. The Morgan fingerprint density at radius 3 is 1.89 bits per heavy atom. The first-order valence-electron chi connectivity index (χ1n) is 12.3. The van der Waals surface area contributed by atoms with Crippen LogP contribution in [0.25, 0.3) is 28.1 Å². The minimum absolute atomic E-state index is 0.187. The molecule has 1 N–H and O–H groups in total. The van der Waals surface area contributed by atoms with Crippen LogP contribution in [0.1, 0.15) is 0 Å². The molecule has 0 unspecified atom stereocenters. The first-order chi connectivity index (χ1) is 18.2. The number of rotatable bonds is 3. The highest BCUT2D eigenvalue weighted by Gasteiger charge is 2.28. The van der Waals surface area contributed by atoms with E-state index >= 15 is 0 Å². The van der Waals surface area contributed by atoms with Gasteiger partial charge in [-0.05, 0) is 66.7 Å². The Bertz CT molecular complexity index is 1730. The van der Waals surface area contributed by atoms with Gasteiger partial charge in [0, 0.05) is 18.4 Å². The van der Waals surface area contributed by atoms with Crippen LogP contribution in [-0.4, -0.2) is 21.7 Å². The molecule has 1 aliphatic heterocycles. The van der Waals surface area contributed by atoms with Crippen molar-refractivity contribution in [2.45, 2.75) is 0 Å². The molecular formula is C32H24N4O. The van der Waals surface area contributed by atoms with Gasteiger partial charge in [0.2, 0.25) is 0 Å². The Morgan fingerprint density at radius 1 is 0.595 bits per heavy atom. The van der Waals surface area contributed by atoms with E-state index in [0.717, 1.165) is 45.2 Å². The number of hydrogen-bond donors (Lipinski definition) is 1. The topological polar surface area (TPSA) is 44.5 Å². The molecular weight excluding hydrogens is 456 g/mol. The maximum Gasteiger partial charge on any atom is 0.149 e. The van der Waals surface area contributed by atoms with E-state index in [1.807, 2.05) is 48.5 Å². The highest BCUT2D eigenvalue weighted by molar-refractivity contribution is 5.98. The molecule has 5 heteroatoms. The maximum absolute atomic E-state index is 11.1. The Labute approximate surface area is 215 Å². The second-order valence-electron chi connectivity index (χ2n) is 9.17. The number of fused-ring (bicyclic) bond motifs is 3. The van der Waals surface area contributed by atoms with Crippen LogP contribution in [0.4, 0.5) is 28.4 Å². The summed E-state index contributed by atoms with van der Waals surface area (Å²) in [5.41, 5.74) is 8.88. The van der Waals surface area contributed by atoms with E-state index in [-0.39, 0.29) is 5.75 Å². The molecule has 0 radical (unpaired) electrons. The van der Waals surface area contributed by atoms with Crippen LogP contribution >= 0.6 is 0 Å². The van der Waals surface area contributed by atoms with Gasteiger partial charge < -0.3 is 14.9 Å². The molecule has 2 heterocycles. The molecule has 0 aliphatic carbocycles. The van der Waals surface area contributed by atoms with Gasteiger partial charge in [-0.3, -0.25) is 4.57 Å². The van der Waals surface area contributed by atoms with Crippen molar-refractivity contribution in [1.29, 1.82) is 0 Å². The molecule has 0 saturated carbocycles. The van der Waals surface area contributed by atoms with E-state index in [0.29, 0.717) is 11.4 Å². The Hall–Kier alpha value is -5.03. The number of nitrogens with zero attached hydrogens (tertiary/aromatic N) is 4. The molecule has 0 atom stereocenters. The van der Waals surface area contributed by atoms with E-state index in [2.05, 4.69) is 88.1 Å². The molecule has 0 amide bonds. The van der Waals surface area contributed by atoms with Crippen molar-refractivity contribution in [2.75, 3.05) is 16.8 Å². The molecule has 37 heavy (non-hydrogen) atoms. The molecule has 0 bridgehead atoms. The predicted octanol–water partition coefficient (Wildman–Crippen LogP) is 7.95. The summed E-state index contributed by atoms with van der Waals surface area (Å²) >= 11 is 0.